The molecule has 0 amide bonds. The van der Waals surface area contributed by atoms with Crippen LogP contribution >= 0.6 is 0 Å². The summed E-state index contributed by atoms with van der Waals surface area (Å²) in [5.41, 5.74) is 0. The lowest BCUT2D eigenvalue weighted by Crippen LogP contribution is -2.65. The molecule has 0 spiro atoms. The average Bonchev–Trinajstić information content (AvgIpc) is 3.36. The molecule has 0 radical (unpaired) electrons. The first-order valence-electron chi connectivity index (χ1n) is 8.74. The van der Waals surface area contributed by atoms with Gasteiger partial charge in [0.05, 0.1) is 13.2 Å². The van der Waals surface area contributed by atoms with Crippen LogP contribution in [0.2, 0.25) is 0 Å². The minimum Gasteiger partial charge on any atom is -0.372 e. The smallest absolute Gasteiger partial charge is 0.372 e. The van der Waals surface area contributed by atoms with Crippen LogP contribution in [0.15, 0.2) is 0 Å². The normalized spacial score (nSPS) is 20.9. The van der Waals surface area contributed by atoms with Gasteiger partial charge in [-0.3, -0.25) is 0 Å². The molecule has 1 aliphatic rings. The van der Waals surface area contributed by atoms with Gasteiger partial charge in [-0.15, -0.1) is 0 Å². The maximum Gasteiger partial charge on any atom is 0.534 e. The van der Waals surface area contributed by atoms with Crippen LogP contribution in [0.1, 0.15) is 60.3 Å². The summed E-state index contributed by atoms with van der Waals surface area (Å²) in [4.78, 5) is 0. The van der Waals surface area contributed by atoms with Crippen molar-refractivity contribution in [3.8, 4) is 0 Å². The summed E-state index contributed by atoms with van der Waals surface area (Å²) < 4.78 is 30.2. The summed E-state index contributed by atoms with van der Waals surface area (Å²) in [5, 5.41) is -0.529. The van der Waals surface area contributed by atoms with Gasteiger partial charge in [0.25, 0.3) is 0 Å². The average molecular weight is 335 g/mol. The summed E-state index contributed by atoms with van der Waals surface area (Å²) in [6, 6.07) is 0. The molecule has 0 aromatic heterocycles. The molecule has 5 nitrogen and oxygen atoms in total. The van der Waals surface area contributed by atoms with E-state index in [1.54, 1.807) is 0 Å². The van der Waals surface area contributed by atoms with Crippen molar-refractivity contribution < 1.29 is 22.8 Å². The lowest BCUT2D eigenvalue weighted by Gasteiger charge is -2.42. The van der Waals surface area contributed by atoms with Gasteiger partial charge in [-0.2, -0.15) is 0 Å². The molecular weight excluding hydrogens is 300 g/mol. The lowest BCUT2D eigenvalue weighted by molar-refractivity contribution is -0.0708. The predicted molar refractivity (Wildman–Crippen MR) is 88.9 cm³/mol. The monoisotopic (exact) mass is 334 g/mol. The van der Waals surface area contributed by atoms with Crippen LogP contribution in [-0.2, 0) is 22.8 Å². The highest BCUT2D eigenvalue weighted by atomic mass is 28.4. The molecule has 6 heteroatoms. The Morgan fingerprint density at radius 3 is 1.73 bits per heavy atom. The lowest BCUT2D eigenvalue weighted by atomic mass is 10.3. The Hall–Kier alpha value is 0.0169. The minimum absolute atomic E-state index is 0.223. The highest BCUT2D eigenvalue weighted by Gasteiger charge is 2.59. The first-order chi connectivity index (χ1) is 10.6. The molecule has 132 valence electrons. The van der Waals surface area contributed by atoms with Crippen molar-refractivity contribution in [3.63, 3.8) is 0 Å². The van der Waals surface area contributed by atoms with Crippen LogP contribution in [0, 0.1) is 0 Å². The fourth-order valence-electron chi connectivity index (χ4n) is 2.14. The Morgan fingerprint density at radius 2 is 1.41 bits per heavy atom. The Labute approximate surface area is 137 Å². The zero-order valence-electron chi connectivity index (χ0n) is 15.0. The van der Waals surface area contributed by atoms with Gasteiger partial charge in [0.15, 0.2) is 0 Å². The van der Waals surface area contributed by atoms with Crippen molar-refractivity contribution in [2.75, 3.05) is 33.0 Å². The first kappa shape index (κ1) is 20.1. The second-order valence-corrected chi connectivity index (χ2v) is 8.99. The van der Waals surface area contributed by atoms with E-state index >= 15 is 0 Å². The van der Waals surface area contributed by atoms with Crippen molar-refractivity contribution in [3.05, 3.63) is 0 Å². The summed E-state index contributed by atoms with van der Waals surface area (Å²) >= 11 is 0. The maximum absolute atomic E-state index is 6.22. The zero-order chi connectivity index (χ0) is 16.5. The molecule has 0 saturated carbocycles. The van der Waals surface area contributed by atoms with Crippen LogP contribution < -0.4 is 0 Å². The molecule has 0 aromatic rings. The van der Waals surface area contributed by atoms with Gasteiger partial charge in [0.2, 0.25) is 0 Å². The van der Waals surface area contributed by atoms with E-state index in [1.165, 1.54) is 0 Å². The summed E-state index contributed by atoms with van der Waals surface area (Å²) in [7, 11) is -2.93. The predicted octanol–water partition coefficient (Wildman–Crippen LogP) is 3.33. The molecule has 0 aromatic carbocycles. The molecule has 1 fully saturated rings. The van der Waals surface area contributed by atoms with Gasteiger partial charge in [0.1, 0.15) is 11.3 Å². The number of rotatable bonds is 14. The SMILES string of the molecule is CCCO[Si](OCCC)(OCCC)C(C)(CC)OCC1CO1. The standard InChI is InChI=1S/C16H34O5Si/c1-6-10-19-22(20-11-7-2,21-12-8-3)16(5,9-4)18-14-15-13-17-15/h15H,6-14H2,1-5H3. The molecule has 0 bridgehead atoms. The van der Waals surface area contributed by atoms with Gasteiger partial charge in [-0.05, 0) is 32.6 Å². The van der Waals surface area contributed by atoms with Gasteiger partial charge in [-0.1, -0.05) is 27.7 Å². The van der Waals surface area contributed by atoms with Crippen LogP contribution in [0.4, 0.5) is 0 Å². The van der Waals surface area contributed by atoms with E-state index in [0.29, 0.717) is 26.4 Å². The molecule has 1 aliphatic heterocycles. The third-order valence-corrected chi connectivity index (χ3v) is 7.35. The fraction of sp³-hybridized carbons (Fsp3) is 1.00. The Morgan fingerprint density at radius 1 is 0.955 bits per heavy atom. The molecule has 1 rings (SSSR count). The van der Waals surface area contributed by atoms with Crippen LogP contribution in [0.5, 0.6) is 0 Å². The Bertz CT molecular complexity index is 276. The quantitative estimate of drug-likeness (QED) is 0.360. The second kappa shape index (κ2) is 10.0. The molecule has 1 heterocycles. The summed E-state index contributed by atoms with van der Waals surface area (Å²) in [6.07, 6.45) is 3.83. The summed E-state index contributed by atoms with van der Waals surface area (Å²) in [5.74, 6) is 0. The molecule has 0 aliphatic carbocycles. The van der Waals surface area contributed by atoms with Crippen LogP contribution in [0.3, 0.4) is 0 Å². The van der Waals surface area contributed by atoms with Gasteiger partial charge >= 0.3 is 8.80 Å². The topological polar surface area (TPSA) is 49.5 Å². The van der Waals surface area contributed by atoms with Crippen molar-refractivity contribution in [1.29, 1.82) is 0 Å². The van der Waals surface area contributed by atoms with E-state index in [1.807, 2.05) is 0 Å². The number of epoxide rings is 1. The van der Waals surface area contributed by atoms with E-state index in [0.717, 1.165) is 32.3 Å². The highest BCUT2D eigenvalue weighted by Crippen LogP contribution is 2.33. The van der Waals surface area contributed by atoms with Crippen LogP contribution in [-0.4, -0.2) is 53.2 Å². The number of hydrogen-bond acceptors (Lipinski definition) is 5. The number of ether oxygens (including phenoxy) is 2. The van der Waals surface area contributed by atoms with E-state index in [4.69, 9.17) is 22.8 Å². The van der Waals surface area contributed by atoms with E-state index in [-0.39, 0.29) is 6.10 Å². The molecule has 2 unspecified atom stereocenters. The Balaban J connectivity index is 2.90. The minimum atomic E-state index is -2.93. The fourth-order valence-corrected chi connectivity index (χ4v) is 5.42. The van der Waals surface area contributed by atoms with E-state index in [9.17, 15) is 0 Å². The highest BCUT2D eigenvalue weighted by molar-refractivity contribution is 6.64. The molecule has 2 atom stereocenters. The van der Waals surface area contributed by atoms with E-state index < -0.39 is 14.0 Å². The zero-order valence-corrected chi connectivity index (χ0v) is 16.0. The molecular formula is C16H34O5Si. The van der Waals surface area contributed by atoms with Crippen molar-refractivity contribution in [1.82, 2.24) is 0 Å². The summed E-state index contributed by atoms with van der Waals surface area (Å²) in [6.45, 7) is 13.8. The van der Waals surface area contributed by atoms with E-state index in [2.05, 4.69) is 34.6 Å². The van der Waals surface area contributed by atoms with Crippen molar-refractivity contribution in [2.45, 2.75) is 71.6 Å². The van der Waals surface area contributed by atoms with Crippen molar-refractivity contribution >= 4 is 8.80 Å². The number of hydrogen-bond donors (Lipinski definition) is 0. The van der Waals surface area contributed by atoms with Crippen molar-refractivity contribution in [2.24, 2.45) is 0 Å². The van der Waals surface area contributed by atoms with Gasteiger partial charge < -0.3 is 22.8 Å². The first-order valence-corrected chi connectivity index (χ1v) is 10.5. The molecule has 0 N–H and O–H groups in total. The third kappa shape index (κ3) is 5.58. The largest absolute Gasteiger partial charge is 0.534 e. The second-order valence-electron chi connectivity index (χ2n) is 5.95. The molecule has 1 saturated heterocycles. The Kier molecular flexibility index (Phi) is 9.12. The van der Waals surface area contributed by atoms with Gasteiger partial charge in [0, 0.05) is 19.8 Å². The maximum atomic E-state index is 6.22. The van der Waals surface area contributed by atoms with Gasteiger partial charge in [-0.25, -0.2) is 0 Å². The third-order valence-electron chi connectivity index (χ3n) is 3.80. The molecule has 22 heavy (non-hydrogen) atoms. The van der Waals surface area contributed by atoms with Crippen LogP contribution in [0.25, 0.3) is 0 Å².